The van der Waals surface area contributed by atoms with E-state index in [2.05, 4.69) is 27.7 Å². The van der Waals surface area contributed by atoms with Crippen LogP contribution in [0.3, 0.4) is 0 Å². The van der Waals surface area contributed by atoms with Crippen LogP contribution in [-0.4, -0.2) is 45.2 Å². The minimum absolute atomic E-state index is 0.0941. The first-order chi connectivity index (χ1) is 12.2. The summed E-state index contributed by atoms with van der Waals surface area (Å²) in [4.78, 5) is 0. The summed E-state index contributed by atoms with van der Waals surface area (Å²) >= 11 is 0. The summed E-state index contributed by atoms with van der Waals surface area (Å²) < 4.78 is 19.0. The quantitative estimate of drug-likeness (QED) is 0.334. The van der Waals surface area contributed by atoms with Gasteiger partial charge in [0.15, 0.2) is 0 Å². The topological polar surface area (TPSA) is 27.7 Å². The molecule has 2 aliphatic carbocycles. The van der Waals surface area contributed by atoms with Crippen molar-refractivity contribution in [2.75, 3.05) is 19.8 Å². The van der Waals surface area contributed by atoms with Gasteiger partial charge in [0.05, 0.1) is 0 Å². The zero-order chi connectivity index (χ0) is 18.1. The van der Waals surface area contributed by atoms with Gasteiger partial charge in [-0.05, 0) is 57.8 Å². The van der Waals surface area contributed by atoms with Crippen LogP contribution in [0.5, 0.6) is 0 Å². The van der Waals surface area contributed by atoms with Gasteiger partial charge in [-0.3, -0.25) is 0 Å². The zero-order valence-corrected chi connectivity index (χ0v) is 19.0. The standard InChI is InChI=1S/C20H41O3PSi/c1-5-21-25(22-6-2,23-7-3)18(4)24(19-14-10-8-11-15-19)20-16-12-9-13-17-20/h18-20H,5-17H2,1-4H3. The van der Waals surface area contributed by atoms with E-state index in [1.54, 1.807) is 0 Å². The van der Waals surface area contributed by atoms with Gasteiger partial charge in [-0.1, -0.05) is 53.4 Å². The Morgan fingerprint density at radius 3 is 1.40 bits per heavy atom. The molecule has 0 amide bonds. The van der Waals surface area contributed by atoms with Crippen molar-refractivity contribution in [3.8, 4) is 0 Å². The van der Waals surface area contributed by atoms with Crippen molar-refractivity contribution in [3.63, 3.8) is 0 Å². The van der Waals surface area contributed by atoms with Crippen LogP contribution in [0.25, 0.3) is 0 Å². The molecule has 3 nitrogen and oxygen atoms in total. The van der Waals surface area contributed by atoms with E-state index in [0.717, 1.165) is 11.3 Å². The Hall–Kier alpha value is 0.527. The van der Waals surface area contributed by atoms with E-state index in [0.29, 0.717) is 25.1 Å². The minimum Gasteiger partial charge on any atom is -0.373 e. The maximum atomic E-state index is 6.35. The molecule has 0 heterocycles. The average Bonchev–Trinajstić information content (AvgIpc) is 2.64. The Morgan fingerprint density at radius 1 is 0.720 bits per heavy atom. The lowest BCUT2D eigenvalue weighted by molar-refractivity contribution is 0.0700. The summed E-state index contributed by atoms with van der Waals surface area (Å²) in [6.45, 7) is 10.8. The van der Waals surface area contributed by atoms with Crippen molar-refractivity contribution in [1.82, 2.24) is 0 Å². The second-order valence-corrected chi connectivity index (χ2v) is 14.2. The van der Waals surface area contributed by atoms with E-state index < -0.39 is 8.80 Å². The van der Waals surface area contributed by atoms with Crippen LogP contribution in [0.4, 0.5) is 0 Å². The SMILES string of the molecule is CCO[Si](OCC)(OCC)C(C)P(C1CCCCC1)C1CCCCC1. The zero-order valence-electron chi connectivity index (χ0n) is 17.1. The minimum atomic E-state index is -2.60. The van der Waals surface area contributed by atoms with Gasteiger partial charge in [-0.2, -0.15) is 0 Å². The Balaban J connectivity index is 2.26. The van der Waals surface area contributed by atoms with Crippen LogP contribution in [-0.2, 0) is 13.3 Å². The van der Waals surface area contributed by atoms with Gasteiger partial charge >= 0.3 is 8.80 Å². The lowest BCUT2D eigenvalue weighted by Crippen LogP contribution is -2.56. The molecule has 25 heavy (non-hydrogen) atoms. The van der Waals surface area contributed by atoms with Crippen molar-refractivity contribution < 1.29 is 13.3 Å². The molecule has 0 aromatic heterocycles. The van der Waals surface area contributed by atoms with Gasteiger partial charge < -0.3 is 13.3 Å². The van der Waals surface area contributed by atoms with E-state index in [9.17, 15) is 0 Å². The van der Waals surface area contributed by atoms with Gasteiger partial charge in [0.2, 0.25) is 0 Å². The third-order valence-electron chi connectivity index (χ3n) is 5.99. The van der Waals surface area contributed by atoms with Crippen molar-refractivity contribution in [2.24, 2.45) is 0 Å². The van der Waals surface area contributed by atoms with Crippen LogP contribution in [0.15, 0.2) is 0 Å². The third-order valence-corrected chi connectivity index (χ3v) is 14.5. The fraction of sp³-hybridized carbons (Fsp3) is 1.00. The summed E-state index contributed by atoms with van der Waals surface area (Å²) in [5, 5.41) is 0.480. The van der Waals surface area contributed by atoms with Gasteiger partial charge in [0, 0.05) is 25.1 Å². The second-order valence-electron chi connectivity index (χ2n) is 7.61. The highest BCUT2D eigenvalue weighted by Crippen LogP contribution is 2.60. The molecule has 0 N–H and O–H groups in total. The number of hydrogen-bond acceptors (Lipinski definition) is 3. The van der Waals surface area contributed by atoms with Crippen molar-refractivity contribution in [3.05, 3.63) is 0 Å². The van der Waals surface area contributed by atoms with Crippen molar-refractivity contribution in [1.29, 1.82) is 0 Å². The summed E-state index contributed by atoms with van der Waals surface area (Å²) in [7, 11) is -2.70. The highest BCUT2D eigenvalue weighted by Gasteiger charge is 2.53. The summed E-state index contributed by atoms with van der Waals surface area (Å²) in [6.07, 6.45) is 14.3. The normalized spacial score (nSPS) is 22.4. The maximum absolute atomic E-state index is 6.35. The Bertz CT molecular complexity index is 322. The molecular weight excluding hydrogens is 347 g/mol. The highest BCUT2D eigenvalue weighted by molar-refractivity contribution is 7.62. The molecule has 0 radical (unpaired) electrons. The lowest BCUT2D eigenvalue weighted by atomic mass is 9.99. The maximum Gasteiger partial charge on any atom is 0.508 e. The van der Waals surface area contributed by atoms with Gasteiger partial charge in [-0.25, -0.2) is 0 Å². The van der Waals surface area contributed by atoms with Crippen LogP contribution >= 0.6 is 7.92 Å². The molecule has 2 saturated carbocycles. The third kappa shape index (κ3) is 5.75. The molecule has 2 rings (SSSR count). The second kappa shape index (κ2) is 11.4. The highest BCUT2D eigenvalue weighted by atomic mass is 31.1. The molecule has 2 aliphatic rings. The molecule has 0 saturated heterocycles. The molecular formula is C20H41O3PSi. The Morgan fingerprint density at radius 2 is 1.08 bits per heavy atom. The number of rotatable bonds is 10. The van der Waals surface area contributed by atoms with Crippen molar-refractivity contribution >= 4 is 16.7 Å². The van der Waals surface area contributed by atoms with E-state index in [1.165, 1.54) is 64.2 Å². The van der Waals surface area contributed by atoms with Crippen LogP contribution in [0.2, 0.25) is 0 Å². The summed E-state index contributed by atoms with van der Waals surface area (Å²) in [5.74, 6) is 0. The van der Waals surface area contributed by atoms with Gasteiger partial charge in [0.1, 0.15) is 0 Å². The van der Waals surface area contributed by atoms with E-state index in [4.69, 9.17) is 13.3 Å². The Labute approximate surface area is 158 Å². The van der Waals surface area contributed by atoms with E-state index in [1.807, 2.05) is 0 Å². The fourth-order valence-corrected chi connectivity index (χ4v) is 14.3. The van der Waals surface area contributed by atoms with Gasteiger partial charge in [0.25, 0.3) is 0 Å². The largest absolute Gasteiger partial charge is 0.508 e. The monoisotopic (exact) mass is 388 g/mol. The van der Waals surface area contributed by atoms with E-state index >= 15 is 0 Å². The molecule has 0 aromatic rings. The predicted molar refractivity (Wildman–Crippen MR) is 111 cm³/mol. The lowest BCUT2D eigenvalue weighted by Gasteiger charge is -2.46. The average molecular weight is 389 g/mol. The molecule has 0 aromatic carbocycles. The van der Waals surface area contributed by atoms with E-state index in [-0.39, 0.29) is 7.92 Å². The molecule has 0 bridgehead atoms. The molecule has 1 atom stereocenters. The molecule has 148 valence electrons. The first-order valence-corrected chi connectivity index (χ1v) is 14.2. The first kappa shape index (κ1) is 21.8. The fourth-order valence-electron chi connectivity index (χ4n) is 4.96. The van der Waals surface area contributed by atoms with Crippen LogP contribution in [0, 0.1) is 0 Å². The first-order valence-electron chi connectivity index (χ1n) is 10.9. The van der Waals surface area contributed by atoms with Crippen molar-refractivity contribution in [2.45, 2.75) is 109 Å². The van der Waals surface area contributed by atoms with Crippen LogP contribution in [0.1, 0.15) is 91.9 Å². The molecule has 2 fully saturated rings. The molecule has 5 heteroatoms. The van der Waals surface area contributed by atoms with Gasteiger partial charge in [-0.15, -0.1) is 0 Å². The molecule has 0 spiro atoms. The Kier molecular flexibility index (Phi) is 9.94. The van der Waals surface area contributed by atoms with Crippen LogP contribution < -0.4 is 0 Å². The number of hydrogen-bond donors (Lipinski definition) is 0. The summed E-state index contributed by atoms with van der Waals surface area (Å²) in [5.41, 5.74) is 1.82. The molecule has 1 unspecified atom stereocenters. The molecule has 0 aliphatic heterocycles. The summed E-state index contributed by atoms with van der Waals surface area (Å²) in [6, 6.07) is 0. The predicted octanol–water partition coefficient (Wildman–Crippen LogP) is 6.11. The smallest absolute Gasteiger partial charge is 0.373 e.